The van der Waals surface area contributed by atoms with Crippen LogP contribution in [0.15, 0.2) is 54.7 Å². The molecule has 0 bridgehead atoms. The van der Waals surface area contributed by atoms with Gasteiger partial charge in [-0.25, -0.2) is 0 Å². The highest BCUT2D eigenvalue weighted by Crippen LogP contribution is 2.36. The van der Waals surface area contributed by atoms with Gasteiger partial charge < -0.3 is 15.0 Å². The molecule has 166 valence electrons. The van der Waals surface area contributed by atoms with E-state index < -0.39 is 5.41 Å². The number of nitrogens with one attached hydrogen (secondary N) is 2. The van der Waals surface area contributed by atoms with E-state index in [0.29, 0.717) is 31.5 Å². The number of carbonyl (C=O) groups excluding carboxylic acids is 2. The van der Waals surface area contributed by atoms with Crippen LogP contribution in [0.5, 0.6) is 5.75 Å². The maximum Gasteiger partial charge on any atom is 0.257 e. The molecule has 2 N–H and O–H groups in total. The molecule has 3 aromatic rings. The van der Waals surface area contributed by atoms with E-state index in [-0.39, 0.29) is 11.8 Å². The number of rotatable bonds is 6. The zero-order valence-corrected chi connectivity index (χ0v) is 18.6. The Labute approximate surface area is 187 Å². The first-order valence-electron chi connectivity index (χ1n) is 10.7. The van der Waals surface area contributed by atoms with Crippen LogP contribution in [-0.4, -0.2) is 54.2 Å². The largest absolute Gasteiger partial charge is 0.496 e. The predicted octanol–water partition coefficient (Wildman–Crippen LogP) is 3.21. The number of likely N-dealkylation sites (tertiary alicyclic amines) is 1. The molecule has 32 heavy (non-hydrogen) atoms. The fourth-order valence-corrected chi connectivity index (χ4v) is 4.53. The van der Waals surface area contributed by atoms with E-state index in [9.17, 15) is 9.59 Å². The van der Waals surface area contributed by atoms with Gasteiger partial charge in [-0.05, 0) is 37.0 Å². The molecule has 2 amide bonds. The first-order chi connectivity index (χ1) is 15.5. The molecule has 0 radical (unpaired) electrons. The van der Waals surface area contributed by atoms with Crippen molar-refractivity contribution in [3.05, 3.63) is 71.5 Å². The third-order valence-corrected chi connectivity index (χ3v) is 6.32. The minimum Gasteiger partial charge on any atom is -0.496 e. The van der Waals surface area contributed by atoms with Crippen LogP contribution in [0.2, 0.25) is 0 Å². The number of para-hydroxylation sites is 1. The van der Waals surface area contributed by atoms with Gasteiger partial charge in [-0.3, -0.25) is 14.7 Å². The van der Waals surface area contributed by atoms with Crippen molar-refractivity contribution in [2.75, 3.05) is 27.2 Å². The Bertz CT molecular complexity index is 1120. The van der Waals surface area contributed by atoms with Gasteiger partial charge in [-0.15, -0.1) is 0 Å². The molecule has 0 saturated carbocycles. The van der Waals surface area contributed by atoms with Gasteiger partial charge in [0.2, 0.25) is 5.91 Å². The summed E-state index contributed by atoms with van der Waals surface area (Å²) in [5, 5.41) is 9.58. The minimum absolute atomic E-state index is 0.0366. The standard InChI is InChI=1S/C25H28N4O3/c1-17-21(15-27-28-17)23(30)29-13-12-25(16-29,24(31)26-2)14-18-8-10-19(11-9-18)20-6-4-5-7-22(20)32-3/h4-11,15H,12-14,16H2,1-3H3,(H,26,31)(H,27,28)/t25-/m0/s1. The fourth-order valence-electron chi connectivity index (χ4n) is 4.53. The van der Waals surface area contributed by atoms with Gasteiger partial charge >= 0.3 is 0 Å². The number of hydrogen-bond donors (Lipinski definition) is 2. The van der Waals surface area contributed by atoms with E-state index in [0.717, 1.165) is 28.1 Å². The van der Waals surface area contributed by atoms with Crippen molar-refractivity contribution in [2.45, 2.75) is 19.8 Å². The van der Waals surface area contributed by atoms with E-state index in [1.54, 1.807) is 25.3 Å². The second-order valence-electron chi connectivity index (χ2n) is 8.32. The van der Waals surface area contributed by atoms with Crippen molar-refractivity contribution >= 4 is 11.8 Å². The topological polar surface area (TPSA) is 87.3 Å². The highest BCUT2D eigenvalue weighted by molar-refractivity contribution is 5.96. The summed E-state index contributed by atoms with van der Waals surface area (Å²) in [6.45, 7) is 2.74. The second kappa shape index (κ2) is 8.86. The molecule has 7 nitrogen and oxygen atoms in total. The van der Waals surface area contributed by atoms with Crippen LogP contribution in [0, 0.1) is 12.3 Å². The number of carbonyl (C=O) groups is 2. The fraction of sp³-hybridized carbons (Fsp3) is 0.320. The Morgan fingerprint density at radius 1 is 1.19 bits per heavy atom. The van der Waals surface area contributed by atoms with Crippen molar-refractivity contribution in [2.24, 2.45) is 5.41 Å². The summed E-state index contributed by atoms with van der Waals surface area (Å²) in [6, 6.07) is 16.1. The predicted molar refractivity (Wildman–Crippen MR) is 122 cm³/mol. The number of amides is 2. The lowest BCUT2D eigenvalue weighted by Crippen LogP contribution is -2.44. The molecule has 0 unspecified atom stereocenters. The summed E-state index contributed by atoms with van der Waals surface area (Å²) in [5.74, 6) is 0.695. The molecule has 1 aliphatic rings. The molecule has 1 atom stereocenters. The van der Waals surface area contributed by atoms with E-state index in [1.807, 2.05) is 31.2 Å². The average Bonchev–Trinajstić information content (AvgIpc) is 3.45. The number of aromatic nitrogens is 2. The van der Waals surface area contributed by atoms with Crippen LogP contribution < -0.4 is 10.1 Å². The summed E-state index contributed by atoms with van der Waals surface area (Å²) in [7, 11) is 3.32. The maximum atomic E-state index is 13.0. The molecule has 7 heteroatoms. The number of hydrogen-bond acceptors (Lipinski definition) is 4. The number of H-pyrrole nitrogens is 1. The van der Waals surface area contributed by atoms with E-state index in [2.05, 4.69) is 39.8 Å². The quantitative estimate of drug-likeness (QED) is 0.626. The van der Waals surface area contributed by atoms with Crippen molar-refractivity contribution < 1.29 is 14.3 Å². The lowest BCUT2D eigenvalue weighted by Gasteiger charge is -2.28. The molecule has 0 aliphatic carbocycles. The summed E-state index contributed by atoms with van der Waals surface area (Å²) in [6.07, 6.45) is 2.73. The smallest absolute Gasteiger partial charge is 0.257 e. The normalized spacial score (nSPS) is 17.9. The molecule has 1 aliphatic heterocycles. The summed E-state index contributed by atoms with van der Waals surface area (Å²) >= 11 is 0. The molecular weight excluding hydrogens is 404 g/mol. The molecule has 1 fully saturated rings. The number of ether oxygens (including phenoxy) is 1. The zero-order chi connectivity index (χ0) is 22.7. The van der Waals surface area contributed by atoms with Gasteiger partial charge in [0.1, 0.15) is 5.75 Å². The van der Waals surface area contributed by atoms with Crippen LogP contribution in [-0.2, 0) is 11.2 Å². The SMILES string of the molecule is CNC(=O)[C@]1(Cc2ccc(-c3ccccc3OC)cc2)CCN(C(=O)c2cn[nH]c2C)C1. The zero-order valence-electron chi connectivity index (χ0n) is 18.6. The second-order valence-corrected chi connectivity index (χ2v) is 8.32. The Morgan fingerprint density at radius 3 is 2.59 bits per heavy atom. The molecule has 1 aromatic heterocycles. The van der Waals surface area contributed by atoms with Gasteiger partial charge in [0.05, 0.1) is 24.3 Å². The van der Waals surface area contributed by atoms with Crippen molar-refractivity contribution in [3.8, 4) is 16.9 Å². The summed E-state index contributed by atoms with van der Waals surface area (Å²) in [5.41, 5.74) is 3.77. The number of methoxy groups -OCH3 is 1. The molecule has 2 aromatic carbocycles. The lowest BCUT2D eigenvalue weighted by atomic mass is 9.79. The number of nitrogens with zero attached hydrogens (tertiary/aromatic N) is 2. The van der Waals surface area contributed by atoms with Crippen molar-refractivity contribution in [1.82, 2.24) is 20.4 Å². The third-order valence-electron chi connectivity index (χ3n) is 6.32. The molecule has 0 spiro atoms. The highest BCUT2D eigenvalue weighted by atomic mass is 16.5. The number of benzene rings is 2. The van der Waals surface area contributed by atoms with Crippen molar-refractivity contribution in [3.63, 3.8) is 0 Å². The van der Waals surface area contributed by atoms with Crippen LogP contribution in [0.25, 0.3) is 11.1 Å². The minimum atomic E-state index is -0.659. The van der Waals surface area contributed by atoms with E-state index >= 15 is 0 Å². The van der Waals surface area contributed by atoms with Gasteiger partial charge in [0, 0.05) is 31.4 Å². The molecule has 4 rings (SSSR count). The van der Waals surface area contributed by atoms with E-state index in [1.165, 1.54) is 0 Å². The Hall–Kier alpha value is -3.61. The Balaban J connectivity index is 1.55. The average molecular weight is 433 g/mol. The van der Waals surface area contributed by atoms with Gasteiger partial charge in [-0.1, -0.05) is 42.5 Å². The van der Waals surface area contributed by atoms with Crippen LogP contribution in [0.3, 0.4) is 0 Å². The lowest BCUT2D eigenvalue weighted by molar-refractivity contribution is -0.129. The maximum absolute atomic E-state index is 13.0. The van der Waals surface area contributed by atoms with Crippen LogP contribution in [0.4, 0.5) is 0 Å². The Morgan fingerprint density at radius 2 is 1.94 bits per heavy atom. The van der Waals surface area contributed by atoms with Gasteiger partial charge in [0.15, 0.2) is 0 Å². The van der Waals surface area contributed by atoms with Gasteiger partial charge in [0.25, 0.3) is 5.91 Å². The first kappa shape index (κ1) is 21.6. The number of aromatic amines is 1. The van der Waals surface area contributed by atoms with E-state index in [4.69, 9.17) is 4.74 Å². The molecule has 2 heterocycles. The highest BCUT2D eigenvalue weighted by Gasteiger charge is 2.45. The van der Waals surface area contributed by atoms with Gasteiger partial charge in [-0.2, -0.15) is 5.10 Å². The number of aryl methyl sites for hydroxylation is 1. The van der Waals surface area contributed by atoms with Crippen LogP contribution >= 0.6 is 0 Å². The summed E-state index contributed by atoms with van der Waals surface area (Å²) < 4.78 is 5.48. The monoisotopic (exact) mass is 432 g/mol. The molecular formula is C25H28N4O3. The Kier molecular flexibility index (Phi) is 5.99. The third kappa shape index (κ3) is 3.98. The van der Waals surface area contributed by atoms with Crippen LogP contribution in [0.1, 0.15) is 28.0 Å². The first-order valence-corrected chi connectivity index (χ1v) is 10.7. The summed E-state index contributed by atoms with van der Waals surface area (Å²) in [4.78, 5) is 27.7. The van der Waals surface area contributed by atoms with Crippen molar-refractivity contribution in [1.29, 1.82) is 0 Å². The molecule has 1 saturated heterocycles.